The number of carbonyl (C=O) groups is 2. The molecule has 2 amide bonds. The lowest BCUT2D eigenvalue weighted by Crippen LogP contribution is -2.50. The molecule has 1 N–H and O–H groups in total. The second kappa shape index (κ2) is 9.60. The summed E-state index contributed by atoms with van der Waals surface area (Å²) in [5, 5.41) is 2.82. The van der Waals surface area contributed by atoms with Crippen LogP contribution in [-0.2, 0) is 9.59 Å². The Kier molecular flexibility index (Phi) is 7.47. The third-order valence-corrected chi connectivity index (χ3v) is 4.99. The molecule has 1 fully saturated rings. The van der Waals surface area contributed by atoms with Gasteiger partial charge < -0.3 is 24.6 Å². The molecule has 2 rings (SSSR count). The molecule has 0 aliphatic carbocycles. The monoisotopic (exact) mass is 377 g/mol. The van der Waals surface area contributed by atoms with Crippen molar-refractivity contribution in [1.82, 2.24) is 15.1 Å². The first kappa shape index (κ1) is 21.0. The Morgan fingerprint density at radius 2 is 1.70 bits per heavy atom. The normalized spacial score (nSPS) is 16.1. The van der Waals surface area contributed by atoms with E-state index >= 15 is 0 Å². The van der Waals surface area contributed by atoms with Crippen molar-refractivity contribution in [3.8, 4) is 11.5 Å². The van der Waals surface area contributed by atoms with Gasteiger partial charge in [-0.25, -0.2) is 0 Å². The smallest absolute Gasteiger partial charge is 0.242 e. The van der Waals surface area contributed by atoms with Crippen molar-refractivity contribution in [2.24, 2.45) is 5.92 Å². The summed E-state index contributed by atoms with van der Waals surface area (Å²) >= 11 is 0. The van der Waals surface area contributed by atoms with Crippen molar-refractivity contribution in [3.63, 3.8) is 0 Å². The molecule has 150 valence electrons. The Hall–Kier alpha value is -2.28. The third kappa shape index (κ3) is 5.35. The van der Waals surface area contributed by atoms with Crippen molar-refractivity contribution < 1.29 is 19.1 Å². The highest BCUT2D eigenvalue weighted by Crippen LogP contribution is 2.33. The molecule has 0 aromatic heterocycles. The molecule has 1 unspecified atom stereocenters. The number of hydrogen-bond donors (Lipinski definition) is 1. The largest absolute Gasteiger partial charge is 0.493 e. The van der Waals surface area contributed by atoms with E-state index in [2.05, 4.69) is 10.2 Å². The number of ether oxygens (including phenoxy) is 2. The molecule has 27 heavy (non-hydrogen) atoms. The van der Waals surface area contributed by atoms with Crippen LogP contribution in [0.1, 0.15) is 25.3 Å². The fourth-order valence-corrected chi connectivity index (χ4v) is 3.33. The molecule has 1 aliphatic heterocycles. The minimum absolute atomic E-state index is 0.0268. The lowest BCUT2D eigenvalue weighted by Gasteiger charge is -2.32. The zero-order chi connectivity index (χ0) is 20.0. The first-order chi connectivity index (χ1) is 12.9. The average molecular weight is 377 g/mol. The van der Waals surface area contributed by atoms with Crippen molar-refractivity contribution in [1.29, 1.82) is 0 Å². The maximum Gasteiger partial charge on any atom is 0.242 e. The Morgan fingerprint density at radius 3 is 2.26 bits per heavy atom. The van der Waals surface area contributed by atoms with Gasteiger partial charge in [0.2, 0.25) is 11.8 Å². The maximum atomic E-state index is 12.8. The summed E-state index contributed by atoms with van der Waals surface area (Å²) in [6.07, 6.45) is 0. The summed E-state index contributed by atoms with van der Waals surface area (Å²) < 4.78 is 10.6. The molecule has 1 saturated heterocycles. The minimum atomic E-state index is -0.370. The third-order valence-electron chi connectivity index (χ3n) is 4.99. The standard InChI is InChI=1S/C20H31N3O4/c1-14(2)19(15-6-7-16(26-4)17(12-15)27-5)20(25)21-13-18(24)23-10-8-22(3)9-11-23/h6-7,12,14,19H,8-11,13H2,1-5H3,(H,21,25). The van der Waals surface area contributed by atoms with E-state index < -0.39 is 0 Å². The van der Waals surface area contributed by atoms with E-state index in [4.69, 9.17) is 9.47 Å². The number of benzene rings is 1. The van der Waals surface area contributed by atoms with Crippen LogP contribution in [0.4, 0.5) is 0 Å². The predicted octanol–water partition coefficient (Wildman–Crippen LogP) is 1.33. The molecule has 0 spiro atoms. The topological polar surface area (TPSA) is 71.1 Å². The number of likely N-dealkylation sites (N-methyl/N-ethyl adjacent to an activating group) is 1. The van der Waals surface area contributed by atoms with Crippen LogP contribution in [0.2, 0.25) is 0 Å². The number of methoxy groups -OCH3 is 2. The molecule has 1 aliphatic rings. The van der Waals surface area contributed by atoms with Gasteiger partial charge in [-0.1, -0.05) is 19.9 Å². The van der Waals surface area contributed by atoms with Gasteiger partial charge >= 0.3 is 0 Å². The summed E-state index contributed by atoms with van der Waals surface area (Å²) in [4.78, 5) is 29.2. The maximum absolute atomic E-state index is 12.8. The highest BCUT2D eigenvalue weighted by molar-refractivity contribution is 5.88. The van der Waals surface area contributed by atoms with E-state index in [1.807, 2.05) is 33.0 Å². The van der Waals surface area contributed by atoms with E-state index in [0.29, 0.717) is 24.6 Å². The number of amides is 2. The fraction of sp³-hybridized carbons (Fsp3) is 0.600. The quantitative estimate of drug-likeness (QED) is 0.776. The van der Waals surface area contributed by atoms with Crippen LogP contribution in [0, 0.1) is 5.92 Å². The molecule has 1 aromatic carbocycles. The molecule has 0 radical (unpaired) electrons. The summed E-state index contributed by atoms with van der Waals surface area (Å²) in [6, 6.07) is 5.49. The van der Waals surface area contributed by atoms with Crippen LogP contribution >= 0.6 is 0 Å². The van der Waals surface area contributed by atoms with Crippen LogP contribution in [0.15, 0.2) is 18.2 Å². The zero-order valence-electron chi connectivity index (χ0n) is 16.9. The summed E-state index contributed by atoms with van der Waals surface area (Å²) in [5.41, 5.74) is 0.840. The highest BCUT2D eigenvalue weighted by Gasteiger charge is 2.27. The van der Waals surface area contributed by atoms with Crippen molar-refractivity contribution in [2.75, 3.05) is 54.0 Å². The zero-order valence-corrected chi connectivity index (χ0v) is 16.9. The molecule has 1 heterocycles. The fourth-order valence-electron chi connectivity index (χ4n) is 3.33. The molecule has 1 aromatic rings. The lowest BCUT2D eigenvalue weighted by atomic mass is 9.87. The Morgan fingerprint density at radius 1 is 1.07 bits per heavy atom. The summed E-state index contributed by atoms with van der Waals surface area (Å²) in [5.74, 6) is 0.717. The van der Waals surface area contributed by atoms with Crippen molar-refractivity contribution in [2.45, 2.75) is 19.8 Å². The lowest BCUT2D eigenvalue weighted by molar-refractivity contribution is -0.134. The average Bonchev–Trinajstić information content (AvgIpc) is 2.66. The molecule has 1 atom stereocenters. The molecule has 7 heteroatoms. The Bertz CT molecular complexity index is 655. The van der Waals surface area contributed by atoms with Gasteiger partial charge in [0, 0.05) is 26.2 Å². The van der Waals surface area contributed by atoms with E-state index in [-0.39, 0.29) is 30.2 Å². The van der Waals surface area contributed by atoms with Crippen LogP contribution in [-0.4, -0.2) is 75.6 Å². The van der Waals surface area contributed by atoms with Crippen LogP contribution in [0.3, 0.4) is 0 Å². The highest BCUT2D eigenvalue weighted by atomic mass is 16.5. The van der Waals surface area contributed by atoms with Crippen molar-refractivity contribution in [3.05, 3.63) is 23.8 Å². The van der Waals surface area contributed by atoms with Crippen LogP contribution < -0.4 is 14.8 Å². The van der Waals surface area contributed by atoms with Gasteiger partial charge in [-0.3, -0.25) is 9.59 Å². The number of nitrogens with zero attached hydrogens (tertiary/aromatic N) is 2. The minimum Gasteiger partial charge on any atom is -0.493 e. The molecule has 0 bridgehead atoms. The number of rotatable bonds is 7. The van der Waals surface area contributed by atoms with Gasteiger partial charge in [-0.15, -0.1) is 0 Å². The van der Waals surface area contributed by atoms with Crippen LogP contribution in [0.5, 0.6) is 11.5 Å². The van der Waals surface area contributed by atoms with Gasteiger partial charge in [0.15, 0.2) is 11.5 Å². The Balaban J connectivity index is 2.04. The van der Waals surface area contributed by atoms with E-state index in [9.17, 15) is 9.59 Å². The number of carbonyl (C=O) groups excluding carboxylic acids is 2. The van der Waals surface area contributed by atoms with Gasteiger partial charge in [-0.2, -0.15) is 0 Å². The van der Waals surface area contributed by atoms with Gasteiger partial charge in [0.1, 0.15) is 0 Å². The predicted molar refractivity (Wildman–Crippen MR) is 104 cm³/mol. The number of hydrogen-bond acceptors (Lipinski definition) is 5. The summed E-state index contributed by atoms with van der Waals surface area (Å²) in [6.45, 7) is 7.13. The van der Waals surface area contributed by atoms with E-state index in [1.54, 1.807) is 25.2 Å². The molecular formula is C20H31N3O4. The number of piperazine rings is 1. The van der Waals surface area contributed by atoms with Crippen molar-refractivity contribution >= 4 is 11.8 Å². The molecule has 0 saturated carbocycles. The second-order valence-corrected chi connectivity index (χ2v) is 7.24. The van der Waals surface area contributed by atoms with Gasteiger partial charge in [0.25, 0.3) is 0 Å². The molecule has 7 nitrogen and oxygen atoms in total. The van der Waals surface area contributed by atoms with Gasteiger partial charge in [0.05, 0.1) is 26.7 Å². The number of nitrogens with one attached hydrogen (secondary N) is 1. The van der Waals surface area contributed by atoms with Gasteiger partial charge in [-0.05, 0) is 30.7 Å². The summed E-state index contributed by atoms with van der Waals surface area (Å²) in [7, 11) is 5.19. The second-order valence-electron chi connectivity index (χ2n) is 7.24. The Labute approximate surface area is 161 Å². The van der Waals surface area contributed by atoms with Crippen LogP contribution in [0.25, 0.3) is 0 Å². The van der Waals surface area contributed by atoms with E-state index in [1.165, 1.54) is 0 Å². The first-order valence-corrected chi connectivity index (χ1v) is 9.33. The first-order valence-electron chi connectivity index (χ1n) is 9.33. The SMILES string of the molecule is COc1ccc(C(C(=O)NCC(=O)N2CCN(C)CC2)C(C)C)cc1OC. The molecular weight excluding hydrogens is 346 g/mol. The van der Waals surface area contributed by atoms with E-state index in [0.717, 1.165) is 18.7 Å².